The first-order chi connectivity index (χ1) is 9.69. The van der Waals surface area contributed by atoms with Gasteiger partial charge in [-0.2, -0.15) is 0 Å². The summed E-state index contributed by atoms with van der Waals surface area (Å²) in [7, 11) is 0. The van der Waals surface area contributed by atoms with Crippen molar-refractivity contribution in [3.8, 4) is 5.75 Å². The van der Waals surface area contributed by atoms with Crippen molar-refractivity contribution in [2.45, 2.75) is 13.5 Å². The van der Waals surface area contributed by atoms with E-state index in [2.05, 4.69) is 10.3 Å². The maximum atomic E-state index is 12.1. The smallest absolute Gasteiger partial charge is 0.251 e. The molecule has 0 aliphatic carbocycles. The highest BCUT2D eigenvalue weighted by atomic mass is 16.5. The van der Waals surface area contributed by atoms with E-state index < -0.39 is 0 Å². The standard InChI is InChI=1S/C15H17N3O2/c1-2-20-14-7-12(6-13(16)8-14)15(19)18-10-11-4-3-5-17-9-11/h3-9H,2,10,16H2,1H3,(H,18,19). The van der Waals surface area contributed by atoms with Gasteiger partial charge in [0.2, 0.25) is 0 Å². The predicted octanol–water partition coefficient (Wildman–Crippen LogP) is 1.99. The van der Waals surface area contributed by atoms with Crippen molar-refractivity contribution in [1.29, 1.82) is 0 Å². The summed E-state index contributed by atoms with van der Waals surface area (Å²) in [6.07, 6.45) is 3.41. The van der Waals surface area contributed by atoms with E-state index in [1.54, 1.807) is 30.6 Å². The van der Waals surface area contributed by atoms with E-state index in [0.29, 0.717) is 30.2 Å². The summed E-state index contributed by atoms with van der Waals surface area (Å²) in [6, 6.07) is 8.73. The number of carbonyl (C=O) groups is 1. The molecule has 20 heavy (non-hydrogen) atoms. The summed E-state index contributed by atoms with van der Waals surface area (Å²) in [4.78, 5) is 16.1. The van der Waals surface area contributed by atoms with Crippen LogP contribution in [0.5, 0.6) is 5.75 Å². The van der Waals surface area contributed by atoms with Gasteiger partial charge >= 0.3 is 0 Å². The number of aromatic nitrogens is 1. The third-order valence-corrected chi connectivity index (χ3v) is 2.68. The quantitative estimate of drug-likeness (QED) is 0.815. The van der Waals surface area contributed by atoms with Crippen molar-refractivity contribution in [3.05, 3.63) is 53.9 Å². The molecule has 2 rings (SSSR count). The predicted molar refractivity (Wildman–Crippen MR) is 77.4 cm³/mol. The third kappa shape index (κ3) is 3.71. The second-order valence-corrected chi connectivity index (χ2v) is 4.27. The largest absolute Gasteiger partial charge is 0.494 e. The summed E-state index contributed by atoms with van der Waals surface area (Å²) >= 11 is 0. The van der Waals surface area contributed by atoms with E-state index in [4.69, 9.17) is 10.5 Å². The summed E-state index contributed by atoms with van der Waals surface area (Å²) in [5.41, 5.74) is 7.69. The molecule has 0 unspecified atom stereocenters. The molecule has 0 bridgehead atoms. The highest BCUT2D eigenvalue weighted by molar-refractivity contribution is 5.95. The fourth-order valence-electron chi connectivity index (χ4n) is 1.79. The fraction of sp³-hybridized carbons (Fsp3) is 0.200. The van der Waals surface area contributed by atoms with Gasteiger partial charge in [0.25, 0.3) is 5.91 Å². The van der Waals surface area contributed by atoms with Gasteiger partial charge in [-0.3, -0.25) is 9.78 Å². The number of pyridine rings is 1. The second kappa shape index (κ2) is 6.56. The van der Waals surface area contributed by atoms with E-state index in [1.165, 1.54) is 0 Å². The maximum Gasteiger partial charge on any atom is 0.251 e. The molecule has 0 atom stereocenters. The number of nitrogens with two attached hydrogens (primary N) is 1. The molecule has 1 amide bonds. The van der Waals surface area contributed by atoms with Gasteiger partial charge in [0.05, 0.1) is 6.61 Å². The highest BCUT2D eigenvalue weighted by Crippen LogP contribution is 2.19. The zero-order valence-corrected chi connectivity index (χ0v) is 11.3. The molecule has 0 aliphatic rings. The number of carbonyl (C=O) groups excluding carboxylic acids is 1. The minimum Gasteiger partial charge on any atom is -0.494 e. The molecule has 0 aliphatic heterocycles. The van der Waals surface area contributed by atoms with Crippen LogP contribution in [0.15, 0.2) is 42.7 Å². The maximum absolute atomic E-state index is 12.1. The van der Waals surface area contributed by atoms with Crippen LogP contribution in [-0.4, -0.2) is 17.5 Å². The van der Waals surface area contributed by atoms with Crippen LogP contribution in [-0.2, 0) is 6.54 Å². The average molecular weight is 271 g/mol. The lowest BCUT2D eigenvalue weighted by Gasteiger charge is -2.09. The molecule has 104 valence electrons. The molecule has 5 nitrogen and oxygen atoms in total. The highest BCUT2D eigenvalue weighted by Gasteiger charge is 2.08. The van der Waals surface area contributed by atoms with Gasteiger partial charge < -0.3 is 15.8 Å². The van der Waals surface area contributed by atoms with Crippen LogP contribution in [0.3, 0.4) is 0 Å². The normalized spacial score (nSPS) is 10.1. The van der Waals surface area contributed by atoms with Crippen LogP contribution >= 0.6 is 0 Å². The Labute approximate surface area is 117 Å². The Morgan fingerprint density at radius 2 is 2.25 bits per heavy atom. The molecule has 5 heteroatoms. The number of benzene rings is 1. The molecular formula is C15H17N3O2. The lowest BCUT2D eigenvalue weighted by molar-refractivity contribution is 0.0950. The van der Waals surface area contributed by atoms with Gasteiger partial charge in [0, 0.05) is 36.3 Å². The van der Waals surface area contributed by atoms with Crippen LogP contribution in [0.2, 0.25) is 0 Å². The number of nitrogens with one attached hydrogen (secondary N) is 1. The number of rotatable bonds is 5. The number of amides is 1. The van der Waals surface area contributed by atoms with Crippen LogP contribution < -0.4 is 15.8 Å². The summed E-state index contributed by atoms with van der Waals surface area (Å²) in [5.74, 6) is 0.404. The van der Waals surface area contributed by atoms with Gasteiger partial charge in [-0.25, -0.2) is 0 Å². The Balaban J connectivity index is 2.05. The Morgan fingerprint density at radius 3 is 2.95 bits per heavy atom. The van der Waals surface area contributed by atoms with Gasteiger partial charge in [-0.15, -0.1) is 0 Å². The summed E-state index contributed by atoms with van der Waals surface area (Å²) in [5, 5.41) is 2.82. The molecule has 0 fully saturated rings. The zero-order valence-electron chi connectivity index (χ0n) is 11.3. The van der Waals surface area contributed by atoms with Gasteiger partial charge in [0.1, 0.15) is 5.75 Å². The minimum absolute atomic E-state index is 0.192. The van der Waals surface area contributed by atoms with Crippen molar-refractivity contribution < 1.29 is 9.53 Å². The summed E-state index contributed by atoms with van der Waals surface area (Å²) < 4.78 is 5.37. The molecule has 0 saturated heterocycles. The van der Waals surface area contributed by atoms with Crippen molar-refractivity contribution in [1.82, 2.24) is 10.3 Å². The lowest BCUT2D eigenvalue weighted by atomic mass is 10.1. The van der Waals surface area contributed by atoms with E-state index in [0.717, 1.165) is 5.56 Å². The number of hydrogen-bond donors (Lipinski definition) is 2. The fourth-order valence-corrected chi connectivity index (χ4v) is 1.79. The molecule has 0 radical (unpaired) electrons. The van der Waals surface area contributed by atoms with Gasteiger partial charge in [0.15, 0.2) is 0 Å². The Morgan fingerprint density at radius 1 is 1.40 bits per heavy atom. The Hall–Kier alpha value is -2.56. The number of nitrogen functional groups attached to an aromatic ring is 1. The van der Waals surface area contributed by atoms with Crippen LogP contribution in [0.25, 0.3) is 0 Å². The first-order valence-corrected chi connectivity index (χ1v) is 6.39. The SMILES string of the molecule is CCOc1cc(N)cc(C(=O)NCc2cccnc2)c1. The molecule has 1 heterocycles. The van der Waals surface area contributed by atoms with Crippen LogP contribution in [0.4, 0.5) is 5.69 Å². The number of nitrogens with zero attached hydrogens (tertiary/aromatic N) is 1. The first-order valence-electron chi connectivity index (χ1n) is 6.39. The number of ether oxygens (including phenoxy) is 1. The van der Waals surface area contributed by atoms with E-state index in [-0.39, 0.29) is 5.91 Å². The van der Waals surface area contributed by atoms with E-state index >= 15 is 0 Å². The molecule has 0 spiro atoms. The Bertz CT molecular complexity index is 585. The number of hydrogen-bond acceptors (Lipinski definition) is 4. The molecule has 3 N–H and O–H groups in total. The third-order valence-electron chi connectivity index (χ3n) is 2.68. The first kappa shape index (κ1) is 13.9. The molecule has 0 saturated carbocycles. The van der Waals surface area contributed by atoms with Crippen molar-refractivity contribution in [2.24, 2.45) is 0 Å². The van der Waals surface area contributed by atoms with Gasteiger partial charge in [-0.1, -0.05) is 6.07 Å². The minimum atomic E-state index is -0.192. The lowest BCUT2D eigenvalue weighted by Crippen LogP contribution is -2.23. The molecule has 2 aromatic rings. The monoisotopic (exact) mass is 271 g/mol. The van der Waals surface area contributed by atoms with Crippen molar-refractivity contribution in [3.63, 3.8) is 0 Å². The van der Waals surface area contributed by atoms with Crippen molar-refractivity contribution >= 4 is 11.6 Å². The second-order valence-electron chi connectivity index (χ2n) is 4.27. The Kier molecular flexibility index (Phi) is 4.55. The molecular weight excluding hydrogens is 254 g/mol. The summed E-state index contributed by atoms with van der Waals surface area (Å²) in [6.45, 7) is 2.83. The van der Waals surface area contributed by atoms with E-state index in [9.17, 15) is 4.79 Å². The van der Waals surface area contributed by atoms with Crippen molar-refractivity contribution in [2.75, 3.05) is 12.3 Å². The average Bonchev–Trinajstić information content (AvgIpc) is 2.45. The molecule has 1 aromatic carbocycles. The van der Waals surface area contributed by atoms with Gasteiger partial charge in [-0.05, 0) is 30.7 Å². The topological polar surface area (TPSA) is 77.2 Å². The molecule has 1 aromatic heterocycles. The zero-order chi connectivity index (χ0) is 14.4. The number of anilines is 1. The van der Waals surface area contributed by atoms with Crippen LogP contribution in [0.1, 0.15) is 22.8 Å². The van der Waals surface area contributed by atoms with Crippen LogP contribution in [0, 0.1) is 0 Å². The van der Waals surface area contributed by atoms with E-state index in [1.807, 2.05) is 19.1 Å².